The lowest BCUT2D eigenvalue weighted by Gasteiger charge is -2.29. The zero-order chi connectivity index (χ0) is 16.0. The van der Waals surface area contributed by atoms with Gasteiger partial charge in [0.15, 0.2) is 0 Å². The number of rotatable bonds is 15. The van der Waals surface area contributed by atoms with Gasteiger partial charge in [-0.15, -0.1) is 0 Å². The van der Waals surface area contributed by atoms with Gasteiger partial charge in [0.05, 0.1) is 0 Å². The molecular weight excluding hydrogens is 284 g/mol. The molecule has 0 atom stereocenters. The summed E-state index contributed by atoms with van der Waals surface area (Å²) in [5.41, 5.74) is 0. The summed E-state index contributed by atoms with van der Waals surface area (Å²) in [7, 11) is 2.56. The van der Waals surface area contributed by atoms with E-state index in [9.17, 15) is 0 Å². The highest BCUT2D eigenvalue weighted by atomic mass is 28.4. The van der Waals surface area contributed by atoms with Crippen LogP contribution >= 0.6 is 0 Å². The Balaban J connectivity index is 4.32. The minimum Gasteiger partial charge on any atom is -0.377 e. The van der Waals surface area contributed by atoms with Crippen molar-refractivity contribution < 1.29 is 13.3 Å². The molecule has 0 rings (SSSR count). The summed E-state index contributed by atoms with van der Waals surface area (Å²) in [5, 5.41) is 7.08. The Morgan fingerprint density at radius 1 is 0.810 bits per heavy atom. The summed E-state index contributed by atoms with van der Waals surface area (Å²) in [6.45, 7) is 8.52. The fourth-order valence-corrected chi connectivity index (χ4v) is 4.28. The van der Waals surface area contributed by atoms with Crippen LogP contribution in [0.1, 0.15) is 39.5 Å². The summed E-state index contributed by atoms with van der Waals surface area (Å²) >= 11 is 0. The largest absolute Gasteiger partial charge is 0.500 e. The van der Waals surface area contributed by atoms with Crippen LogP contribution in [0.5, 0.6) is 0 Å². The maximum atomic E-state index is 5.56. The molecule has 0 spiro atoms. The van der Waals surface area contributed by atoms with E-state index >= 15 is 0 Å². The fraction of sp³-hybridized carbons (Fsp3) is 1.00. The third-order valence-corrected chi connectivity index (χ3v) is 6.70. The van der Waals surface area contributed by atoms with Crippen LogP contribution in [0.3, 0.4) is 0 Å². The molecule has 128 valence electrons. The van der Waals surface area contributed by atoms with Crippen LogP contribution in [0.2, 0.25) is 6.04 Å². The number of unbranched alkanes of at least 4 members (excludes halogenated alkanes) is 2. The summed E-state index contributed by atoms with van der Waals surface area (Å²) in [6.07, 6.45) is 4.88. The zero-order valence-electron chi connectivity index (χ0n) is 14.7. The molecule has 21 heavy (non-hydrogen) atoms. The van der Waals surface area contributed by atoms with Gasteiger partial charge in [-0.2, -0.15) is 0 Å². The van der Waals surface area contributed by atoms with E-state index in [1.807, 2.05) is 0 Å². The van der Waals surface area contributed by atoms with E-state index in [0.29, 0.717) is 5.92 Å². The summed E-state index contributed by atoms with van der Waals surface area (Å²) in [5.74, 6) is 0.463. The predicted molar refractivity (Wildman–Crippen MR) is 90.6 cm³/mol. The summed E-state index contributed by atoms with van der Waals surface area (Å²) in [6, 6.07) is 0.842. The van der Waals surface area contributed by atoms with Gasteiger partial charge in [-0.1, -0.05) is 26.7 Å². The topological polar surface area (TPSA) is 51.8 Å². The standard InChI is InChI=1S/C15H36N2O3Si/c1-6-8-10-16-12-15(13-17-11-9-7-2)14-21(18-3,19-4)20-5/h15-17H,6-14H2,1-5H3. The first-order valence-corrected chi connectivity index (χ1v) is 10.2. The van der Waals surface area contributed by atoms with Crippen molar-refractivity contribution in [2.24, 2.45) is 5.92 Å². The van der Waals surface area contributed by atoms with Crippen molar-refractivity contribution in [1.29, 1.82) is 0 Å². The first kappa shape index (κ1) is 21.0. The van der Waals surface area contributed by atoms with Crippen molar-refractivity contribution in [3.05, 3.63) is 0 Å². The predicted octanol–water partition coefficient (Wildman–Crippen LogP) is 2.26. The first-order valence-electron chi connectivity index (χ1n) is 8.24. The number of hydrogen-bond donors (Lipinski definition) is 2. The highest BCUT2D eigenvalue weighted by Gasteiger charge is 2.40. The minimum atomic E-state index is -2.50. The lowest BCUT2D eigenvalue weighted by Crippen LogP contribution is -2.47. The van der Waals surface area contributed by atoms with E-state index in [-0.39, 0.29) is 0 Å². The van der Waals surface area contributed by atoms with Crippen LogP contribution in [-0.4, -0.2) is 56.3 Å². The van der Waals surface area contributed by atoms with Crippen molar-refractivity contribution in [3.8, 4) is 0 Å². The highest BCUT2D eigenvalue weighted by molar-refractivity contribution is 6.60. The van der Waals surface area contributed by atoms with E-state index in [1.165, 1.54) is 25.7 Å². The molecule has 0 aliphatic carbocycles. The van der Waals surface area contributed by atoms with Gasteiger partial charge in [-0.05, 0) is 44.9 Å². The minimum absolute atomic E-state index is 0.463. The van der Waals surface area contributed by atoms with E-state index < -0.39 is 8.80 Å². The van der Waals surface area contributed by atoms with Crippen LogP contribution in [0.4, 0.5) is 0 Å². The molecule has 0 aromatic rings. The van der Waals surface area contributed by atoms with Crippen molar-refractivity contribution in [2.45, 2.75) is 45.6 Å². The van der Waals surface area contributed by atoms with Gasteiger partial charge in [0, 0.05) is 27.4 Å². The quantitative estimate of drug-likeness (QED) is 0.358. The van der Waals surface area contributed by atoms with E-state index in [1.54, 1.807) is 21.3 Å². The highest BCUT2D eigenvalue weighted by Crippen LogP contribution is 2.19. The molecule has 0 aromatic carbocycles. The normalized spacial score (nSPS) is 12.3. The van der Waals surface area contributed by atoms with E-state index in [2.05, 4.69) is 24.5 Å². The molecule has 6 heteroatoms. The fourth-order valence-electron chi connectivity index (χ4n) is 2.29. The maximum Gasteiger partial charge on any atom is 0.500 e. The molecule has 0 saturated heterocycles. The van der Waals surface area contributed by atoms with E-state index in [4.69, 9.17) is 13.3 Å². The summed E-state index contributed by atoms with van der Waals surface area (Å²) in [4.78, 5) is 0. The third kappa shape index (κ3) is 9.60. The Kier molecular flexibility index (Phi) is 13.7. The van der Waals surface area contributed by atoms with Gasteiger partial charge in [0.2, 0.25) is 0 Å². The number of hydrogen-bond acceptors (Lipinski definition) is 5. The molecule has 0 heterocycles. The molecule has 5 nitrogen and oxygen atoms in total. The van der Waals surface area contributed by atoms with Crippen molar-refractivity contribution in [3.63, 3.8) is 0 Å². The van der Waals surface area contributed by atoms with Crippen molar-refractivity contribution in [1.82, 2.24) is 10.6 Å². The third-order valence-electron chi connectivity index (χ3n) is 3.75. The van der Waals surface area contributed by atoms with Crippen LogP contribution < -0.4 is 10.6 Å². The lowest BCUT2D eigenvalue weighted by atomic mass is 10.1. The Labute approximate surface area is 132 Å². The van der Waals surface area contributed by atoms with Gasteiger partial charge < -0.3 is 23.9 Å². The molecule has 0 bridgehead atoms. The van der Waals surface area contributed by atoms with Crippen LogP contribution in [0.15, 0.2) is 0 Å². The van der Waals surface area contributed by atoms with E-state index in [0.717, 1.165) is 32.2 Å². The van der Waals surface area contributed by atoms with Gasteiger partial charge in [0.25, 0.3) is 0 Å². The lowest BCUT2D eigenvalue weighted by molar-refractivity contribution is 0.117. The molecule has 2 N–H and O–H groups in total. The Hall–Kier alpha value is 0.0169. The van der Waals surface area contributed by atoms with Gasteiger partial charge in [0.1, 0.15) is 0 Å². The van der Waals surface area contributed by atoms with Gasteiger partial charge >= 0.3 is 8.80 Å². The average Bonchev–Trinajstić information content (AvgIpc) is 2.52. The molecule has 0 aliphatic rings. The molecule has 0 fully saturated rings. The first-order chi connectivity index (χ1) is 10.2. The Morgan fingerprint density at radius 3 is 1.57 bits per heavy atom. The van der Waals surface area contributed by atoms with Crippen LogP contribution in [0.25, 0.3) is 0 Å². The summed E-state index contributed by atoms with van der Waals surface area (Å²) < 4.78 is 16.7. The van der Waals surface area contributed by atoms with Crippen LogP contribution in [-0.2, 0) is 13.3 Å². The molecule has 0 radical (unpaired) electrons. The molecule has 0 unspecified atom stereocenters. The molecule has 0 saturated carbocycles. The molecule has 0 aromatic heterocycles. The number of nitrogens with one attached hydrogen (secondary N) is 2. The Morgan fingerprint density at radius 2 is 1.24 bits per heavy atom. The van der Waals surface area contributed by atoms with Crippen molar-refractivity contribution >= 4 is 8.80 Å². The van der Waals surface area contributed by atoms with Crippen molar-refractivity contribution in [2.75, 3.05) is 47.5 Å². The second kappa shape index (κ2) is 13.7. The second-order valence-corrected chi connectivity index (χ2v) is 8.48. The maximum absolute atomic E-state index is 5.56. The molecular formula is C15H36N2O3Si. The SMILES string of the molecule is CCCCNCC(CNCCCC)C[Si](OC)(OC)OC. The van der Waals surface area contributed by atoms with Gasteiger partial charge in [-0.3, -0.25) is 0 Å². The van der Waals surface area contributed by atoms with Crippen LogP contribution in [0, 0.1) is 5.92 Å². The molecule has 0 amide bonds. The molecule has 0 aliphatic heterocycles. The van der Waals surface area contributed by atoms with Gasteiger partial charge in [-0.25, -0.2) is 0 Å². The average molecular weight is 321 g/mol. The zero-order valence-corrected chi connectivity index (χ0v) is 15.7. The monoisotopic (exact) mass is 320 g/mol. The smallest absolute Gasteiger partial charge is 0.377 e. The second-order valence-electron chi connectivity index (χ2n) is 5.48. The Bertz CT molecular complexity index is 209.